The molecule has 0 N–H and O–H groups in total. The van der Waals surface area contributed by atoms with Crippen molar-refractivity contribution in [2.24, 2.45) is 5.92 Å². The molecule has 0 spiro atoms. The molecule has 0 aliphatic rings. The highest BCUT2D eigenvalue weighted by Gasteiger charge is 2.85. The normalized spacial score (nSPS) is 17.8. The second-order valence-electron chi connectivity index (χ2n) is 5.48. The first kappa shape index (κ1) is 25.6. The Morgan fingerprint density at radius 1 is 0.741 bits per heavy atom. The topological polar surface area (TPSA) is 26.3 Å². The van der Waals surface area contributed by atoms with E-state index in [-0.39, 0.29) is 0 Å². The van der Waals surface area contributed by atoms with Crippen LogP contribution in [0.5, 0.6) is 0 Å². The predicted molar refractivity (Wildman–Crippen MR) is 61.4 cm³/mol. The molecule has 0 rings (SSSR count). The molecule has 27 heavy (non-hydrogen) atoms. The highest BCUT2D eigenvalue weighted by atomic mass is 19.4. The van der Waals surface area contributed by atoms with E-state index >= 15 is 0 Å². The number of alkyl halides is 13. The van der Waals surface area contributed by atoms with Crippen molar-refractivity contribution >= 4 is 5.97 Å². The third-order valence-electron chi connectivity index (χ3n) is 3.07. The maximum absolute atomic E-state index is 13.3. The minimum Gasteiger partial charge on any atom is -0.424 e. The van der Waals surface area contributed by atoms with Crippen molar-refractivity contribution in [3.63, 3.8) is 0 Å². The Labute approximate surface area is 142 Å². The monoisotopic (exact) mass is 434 g/mol. The van der Waals surface area contributed by atoms with Gasteiger partial charge in [0.1, 0.15) is 0 Å². The van der Waals surface area contributed by atoms with Crippen molar-refractivity contribution in [2.75, 3.05) is 0 Å². The molecule has 0 saturated carbocycles. The Morgan fingerprint density at radius 3 is 1.44 bits per heavy atom. The summed E-state index contributed by atoms with van der Waals surface area (Å²) in [5.41, 5.74) is 0. The van der Waals surface area contributed by atoms with Gasteiger partial charge in [-0.3, -0.25) is 4.79 Å². The summed E-state index contributed by atoms with van der Waals surface area (Å²) in [6, 6.07) is 0. The molecule has 3 atom stereocenters. The van der Waals surface area contributed by atoms with E-state index in [9.17, 15) is 61.9 Å². The van der Waals surface area contributed by atoms with E-state index in [2.05, 4.69) is 4.74 Å². The third-order valence-corrected chi connectivity index (χ3v) is 3.07. The first-order chi connectivity index (χ1) is 11.8. The van der Waals surface area contributed by atoms with Crippen LogP contribution in [0.25, 0.3) is 0 Å². The van der Waals surface area contributed by atoms with Gasteiger partial charge in [0.15, 0.2) is 6.17 Å². The Hall–Kier alpha value is -1.44. The van der Waals surface area contributed by atoms with Crippen LogP contribution in [-0.2, 0) is 9.53 Å². The molecule has 0 heterocycles. The molecular weight excluding hydrogens is 423 g/mol. The molecule has 15 heteroatoms. The lowest BCUT2D eigenvalue weighted by Gasteiger charge is -2.38. The van der Waals surface area contributed by atoms with Crippen molar-refractivity contribution in [3.05, 3.63) is 0 Å². The van der Waals surface area contributed by atoms with Gasteiger partial charge in [-0.25, -0.2) is 17.6 Å². The Bertz CT molecular complexity index is 519. The van der Waals surface area contributed by atoms with Crippen molar-refractivity contribution in [1.82, 2.24) is 0 Å². The van der Waals surface area contributed by atoms with E-state index < -0.39 is 60.7 Å². The Balaban J connectivity index is 5.95. The van der Waals surface area contributed by atoms with Gasteiger partial charge >= 0.3 is 36.0 Å². The fourth-order valence-corrected chi connectivity index (χ4v) is 1.37. The molecule has 0 aromatic carbocycles. The van der Waals surface area contributed by atoms with Crippen molar-refractivity contribution in [3.8, 4) is 0 Å². The molecule has 0 bridgehead atoms. The van der Waals surface area contributed by atoms with Crippen LogP contribution in [-0.4, -0.2) is 54.8 Å². The van der Waals surface area contributed by atoms with E-state index in [0.29, 0.717) is 0 Å². The number of ether oxygens (including phenoxy) is 1. The minimum absolute atomic E-state index is 0.869. The van der Waals surface area contributed by atoms with Gasteiger partial charge < -0.3 is 4.74 Å². The van der Waals surface area contributed by atoms with Crippen molar-refractivity contribution < 1.29 is 66.6 Å². The lowest BCUT2D eigenvalue weighted by molar-refractivity contribution is -0.399. The van der Waals surface area contributed by atoms with Gasteiger partial charge in [-0.05, 0) is 0 Å². The highest BCUT2D eigenvalue weighted by molar-refractivity contribution is 5.71. The standard InChI is InChI=1S/C12H11F13O2/c1-3(2)7(26)27-8(17)10(20,21)12(24,25)11(22,23)9(18,19)5(14)4(13)6(15)16/h3-6,8H,1-2H3. The lowest BCUT2D eigenvalue weighted by atomic mass is 9.93. The number of hydrogen-bond acceptors (Lipinski definition) is 2. The molecule has 0 aliphatic heterocycles. The molecule has 0 saturated heterocycles. The summed E-state index contributed by atoms with van der Waals surface area (Å²) in [7, 11) is 0. The molecule has 162 valence electrons. The van der Waals surface area contributed by atoms with Crippen LogP contribution in [0, 0.1) is 5.92 Å². The minimum atomic E-state index is -7.57. The van der Waals surface area contributed by atoms with Gasteiger partial charge in [0.25, 0.3) is 6.43 Å². The van der Waals surface area contributed by atoms with Crippen LogP contribution >= 0.6 is 0 Å². The van der Waals surface area contributed by atoms with Gasteiger partial charge in [0.2, 0.25) is 6.17 Å². The van der Waals surface area contributed by atoms with E-state index in [0.717, 1.165) is 13.8 Å². The fourth-order valence-electron chi connectivity index (χ4n) is 1.37. The summed E-state index contributed by atoms with van der Waals surface area (Å²) in [5, 5.41) is 0. The fraction of sp³-hybridized carbons (Fsp3) is 0.917. The quantitative estimate of drug-likeness (QED) is 0.379. The molecule has 0 aromatic heterocycles. The number of halogens is 13. The van der Waals surface area contributed by atoms with Crippen LogP contribution < -0.4 is 0 Å². The van der Waals surface area contributed by atoms with Gasteiger partial charge in [0, 0.05) is 0 Å². The predicted octanol–water partition coefficient (Wildman–Crippen LogP) is 4.96. The summed E-state index contributed by atoms with van der Waals surface area (Å²) < 4.78 is 171. The number of hydrogen-bond donors (Lipinski definition) is 0. The van der Waals surface area contributed by atoms with E-state index in [1.54, 1.807) is 0 Å². The first-order valence-electron chi connectivity index (χ1n) is 6.68. The van der Waals surface area contributed by atoms with Crippen LogP contribution in [0.2, 0.25) is 0 Å². The summed E-state index contributed by atoms with van der Waals surface area (Å²) in [6.07, 6.45) is -19.7. The van der Waals surface area contributed by atoms with Crippen LogP contribution in [0.1, 0.15) is 13.8 Å². The largest absolute Gasteiger partial charge is 0.424 e. The van der Waals surface area contributed by atoms with E-state index in [4.69, 9.17) is 0 Å². The Morgan fingerprint density at radius 2 is 1.11 bits per heavy atom. The zero-order valence-corrected chi connectivity index (χ0v) is 13.1. The van der Waals surface area contributed by atoms with Crippen LogP contribution in [0.3, 0.4) is 0 Å². The smallest absolute Gasteiger partial charge is 0.385 e. The van der Waals surface area contributed by atoms with Gasteiger partial charge in [-0.15, -0.1) is 0 Å². The molecule has 3 unspecified atom stereocenters. The van der Waals surface area contributed by atoms with E-state index in [1.807, 2.05) is 0 Å². The molecule has 2 nitrogen and oxygen atoms in total. The second-order valence-corrected chi connectivity index (χ2v) is 5.48. The zero-order chi connectivity index (χ0) is 22.2. The molecule has 0 amide bonds. The average molecular weight is 434 g/mol. The molecular formula is C12H11F13O2. The summed E-state index contributed by atoms with van der Waals surface area (Å²) in [6.45, 7) is 1.74. The lowest BCUT2D eigenvalue weighted by Crippen LogP contribution is -2.68. The van der Waals surface area contributed by atoms with Crippen molar-refractivity contribution in [1.29, 1.82) is 0 Å². The number of esters is 1. The SMILES string of the molecule is CC(C)C(=O)OC(F)C(F)(F)C(F)(F)C(F)(F)C(F)(F)C(F)C(F)C(F)F. The summed E-state index contributed by atoms with van der Waals surface area (Å²) in [5.74, 6) is -32.5. The molecule has 0 aromatic rings. The maximum Gasteiger partial charge on any atom is 0.385 e. The number of rotatable bonds is 9. The highest BCUT2D eigenvalue weighted by Crippen LogP contribution is 2.56. The van der Waals surface area contributed by atoms with Crippen molar-refractivity contribution in [2.45, 2.75) is 62.7 Å². The van der Waals surface area contributed by atoms with Gasteiger partial charge in [-0.2, -0.15) is 39.5 Å². The number of carbonyl (C=O) groups is 1. The molecule has 0 fully saturated rings. The number of carbonyl (C=O) groups excluding carboxylic acids is 1. The maximum atomic E-state index is 13.3. The average Bonchev–Trinajstić information content (AvgIpc) is 2.51. The zero-order valence-electron chi connectivity index (χ0n) is 13.1. The van der Waals surface area contributed by atoms with E-state index in [1.165, 1.54) is 0 Å². The summed E-state index contributed by atoms with van der Waals surface area (Å²) >= 11 is 0. The first-order valence-corrected chi connectivity index (χ1v) is 6.68. The Kier molecular flexibility index (Phi) is 7.47. The molecule has 0 radical (unpaired) electrons. The second kappa shape index (κ2) is 7.89. The third kappa shape index (κ3) is 4.36. The molecule has 0 aliphatic carbocycles. The summed E-state index contributed by atoms with van der Waals surface area (Å²) in [4.78, 5) is 10.9. The van der Waals surface area contributed by atoms with Gasteiger partial charge in [0.05, 0.1) is 5.92 Å². The van der Waals surface area contributed by atoms with Crippen LogP contribution in [0.4, 0.5) is 57.1 Å². The van der Waals surface area contributed by atoms with Crippen LogP contribution in [0.15, 0.2) is 0 Å². The van der Waals surface area contributed by atoms with Gasteiger partial charge in [-0.1, -0.05) is 13.8 Å².